The molecule has 2 aliphatic rings. The number of nitrogens with zero attached hydrogens (tertiary/aromatic N) is 4. The van der Waals surface area contributed by atoms with Gasteiger partial charge in [0.05, 0.1) is 17.5 Å². The number of likely N-dealkylation sites (tertiary alicyclic amines) is 1. The third-order valence-corrected chi connectivity index (χ3v) is 6.39. The first-order valence-electron chi connectivity index (χ1n) is 8.35. The summed E-state index contributed by atoms with van der Waals surface area (Å²) in [5.74, 6) is 2.04. The van der Waals surface area contributed by atoms with Crippen LogP contribution in [-0.2, 0) is 21.1 Å². The molecule has 23 heavy (non-hydrogen) atoms. The van der Waals surface area contributed by atoms with Crippen LogP contribution in [0.5, 0.6) is 0 Å². The van der Waals surface area contributed by atoms with Crippen molar-refractivity contribution in [3.63, 3.8) is 0 Å². The van der Waals surface area contributed by atoms with Crippen LogP contribution in [0.2, 0.25) is 0 Å². The number of carbonyl (C=O) groups is 1. The highest BCUT2D eigenvalue weighted by Gasteiger charge is 2.31. The molecule has 2 saturated heterocycles. The van der Waals surface area contributed by atoms with Gasteiger partial charge in [-0.15, -0.1) is 0 Å². The van der Waals surface area contributed by atoms with Gasteiger partial charge in [0, 0.05) is 25.9 Å². The molecule has 2 aliphatic heterocycles. The van der Waals surface area contributed by atoms with E-state index in [1.54, 1.807) is 4.68 Å². The van der Waals surface area contributed by atoms with Gasteiger partial charge in [-0.1, -0.05) is 6.42 Å². The van der Waals surface area contributed by atoms with Crippen LogP contribution in [0.1, 0.15) is 49.8 Å². The van der Waals surface area contributed by atoms with Crippen LogP contribution in [0.3, 0.4) is 0 Å². The lowest BCUT2D eigenvalue weighted by Gasteiger charge is -2.20. The Kier molecular flexibility index (Phi) is 4.70. The molecule has 0 spiro atoms. The molecular weight excluding hydrogens is 316 g/mol. The Balaban J connectivity index is 1.69. The molecule has 1 atom stereocenters. The fourth-order valence-electron chi connectivity index (χ4n) is 3.42. The summed E-state index contributed by atoms with van der Waals surface area (Å²) < 4.78 is 25.2. The smallest absolute Gasteiger partial charge is 0.222 e. The molecule has 0 aromatic carbocycles. The van der Waals surface area contributed by atoms with Crippen LogP contribution in [0.15, 0.2) is 0 Å². The zero-order valence-corrected chi connectivity index (χ0v) is 14.4. The fourth-order valence-corrected chi connectivity index (χ4v) is 5.11. The molecule has 0 radical (unpaired) electrons. The lowest BCUT2D eigenvalue weighted by atomic mass is 10.2. The molecule has 0 bridgehead atoms. The predicted octanol–water partition coefficient (Wildman–Crippen LogP) is 0.891. The van der Waals surface area contributed by atoms with Crippen LogP contribution in [0.4, 0.5) is 0 Å². The fraction of sp³-hybridized carbons (Fsp3) is 0.800. The SMILES string of the molecule is Cc1nc(CCN2CCCCCC2=O)n([C@@H]2CCS(=O)(=O)C2)n1. The van der Waals surface area contributed by atoms with Crippen LogP contribution < -0.4 is 0 Å². The van der Waals surface area contributed by atoms with Gasteiger partial charge in [-0.05, 0) is 26.2 Å². The van der Waals surface area contributed by atoms with Crippen LogP contribution in [0.25, 0.3) is 0 Å². The normalized spacial score (nSPS) is 24.8. The summed E-state index contributed by atoms with van der Waals surface area (Å²) in [4.78, 5) is 18.4. The zero-order chi connectivity index (χ0) is 16.4. The number of aryl methyl sites for hydroxylation is 1. The third-order valence-electron chi connectivity index (χ3n) is 4.64. The minimum Gasteiger partial charge on any atom is -0.342 e. The first-order valence-corrected chi connectivity index (χ1v) is 10.2. The Morgan fingerprint density at radius 3 is 2.83 bits per heavy atom. The lowest BCUT2D eigenvalue weighted by molar-refractivity contribution is -0.130. The number of sulfone groups is 1. The van der Waals surface area contributed by atoms with E-state index in [0.29, 0.717) is 31.6 Å². The van der Waals surface area contributed by atoms with E-state index in [4.69, 9.17) is 0 Å². The maximum Gasteiger partial charge on any atom is 0.222 e. The predicted molar refractivity (Wildman–Crippen MR) is 85.8 cm³/mol. The molecule has 3 heterocycles. The van der Waals surface area contributed by atoms with Crippen molar-refractivity contribution < 1.29 is 13.2 Å². The molecule has 7 nitrogen and oxygen atoms in total. The van der Waals surface area contributed by atoms with E-state index >= 15 is 0 Å². The Morgan fingerprint density at radius 1 is 1.26 bits per heavy atom. The average molecular weight is 340 g/mol. The van der Waals surface area contributed by atoms with Gasteiger partial charge in [0.2, 0.25) is 5.91 Å². The number of hydrogen-bond acceptors (Lipinski definition) is 5. The maximum atomic E-state index is 12.1. The van der Waals surface area contributed by atoms with Gasteiger partial charge >= 0.3 is 0 Å². The molecule has 3 rings (SSSR count). The summed E-state index contributed by atoms with van der Waals surface area (Å²) in [6.45, 7) is 3.26. The van der Waals surface area contributed by atoms with Gasteiger partial charge in [-0.3, -0.25) is 4.79 Å². The van der Waals surface area contributed by atoms with Gasteiger partial charge in [0.25, 0.3) is 0 Å². The summed E-state index contributed by atoms with van der Waals surface area (Å²) in [6, 6.07) is -0.115. The molecule has 0 aliphatic carbocycles. The molecule has 1 aromatic rings. The molecule has 1 amide bonds. The van der Waals surface area contributed by atoms with Crippen LogP contribution in [-0.4, -0.2) is 58.6 Å². The number of carbonyl (C=O) groups excluding carboxylic acids is 1. The maximum absolute atomic E-state index is 12.1. The van der Waals surface area contributed by atoms with E-state index in [0.717, 1.165) is 31.6 Å². The Labute approximate surface area is 137 Å². The summed E-state index contributed by atoms with van der Waals surface area (Å²) in [6.07, 6.45) is 5.00. The van der Waals surface area contributed by atoms with E-state index < -0.39 is 9.84 Å². The second-order valence-electron chi connectivity index (χ2n) is 6.52. The van der Waals surface area contributed by atoms with E-state index in [1.807, 2.05) is 11.8 Å². The highest BCUT2D eigenvalue weighted by Crippen LogP contribution is 2.24. The van der Waals surface area contributed by atoms with Crippen LogP contribution in [0, 0.1) is 6.92 Å². The number of aromatic nitrogens is 3. The van der Waals surface area contributed by atoms with Crippen molar-refractivity contribution in [2.24, 2.45) is 0 Å². The van der Waals surface area contributed by atoms with Crippen molar-refractivity contribution in [1.29, 1.82) is 0 Å². The molecule has 8 heteroatoms. The first kappa shape index (κ1) is 16.4. The van der Waals surface area contributed by atoms with Crippen LogP contribution >= 0.6 is 0 Å². The average Bonchev–Trinajstić information content (AvgIpc) is 2.96. The van der Waals surface area contributed by atoms with E-state index in [2.05, 4.69) is 10.1 Å². The van der Waals surface area contributed by atoms with Crippen molar-refractivity contribution >= 4 is 15.7 Å². The van der Waals surface area contributed by atoms with Gasteiger partial charge in [-0.25, -0.2) is 18.1 Å². The number of amides is 1. The summed E-state index contributed by atoms with van der Waals surface area (Å²) in [5.41, 5.74) is 0. The van der Waals surface area contributed by atoms with Crippen molar-refractivity contribution in [3.05, 3.63) is 11.6 Å². The highest BCUT2D eigenvalue weighted by atomic mass is 32.2. The first-order chi connectivity index (χ1) is 10.9. The molecule has 1 aromatic heterocycles. The van der Waals surface area contributed by atoms with Crippen molar-refractivity contribution in [2.75, 3.05) is 24.6 Å². The molecule has 0 N–H and O–H groups in total. The number of hydrogen-bond donors (Lipinski definition) is 0. The summed E-state index contributed by atoms with van der Waals surface area (Å²) in [5, 5.41) is 4.40. The van der Waals surface area contributed by atoms with Gasteiger partial charge in [0.1, 0.15) is 11.6 Å². The van der Waals surface area contributed by atoms with E-state index in [1.165, 1.54) is 0 Å². The Morgan fingerprint density at radius 2 is 2.09 bits per heavy atom. The largest absolute Gasteiger partial charge is 0.342 e. The standard InChI is InChI=1S/C15H24N4O3S/c1-12-16-14(6-9-18-8-4-2-3-5-15(18)20)19(17-12)13-7-10-23(21,22)11-13/h13H,2-11H2,1H3/t13-/m1/s1. The molecule has 0 unspecified atom stereocenters. The minimum atomic E-state index is -2.95. The third kappa shape index (κ3) is 3.91. The highest BCUT2D eigenvalue weighted by molar-refractivity contribution is 7.91. The topological polar surface area (TPSA) is 85.2 Å². The molecule has 128 valence electrons. The quantitative estimate of drug-likeness (QED) is 0.813. The van der Waals surface area contributed by atoms with Crippen molar-refractivity contribution in [2.45, 2.75) is 51.5 Å². The molecule has 0 saturated carbocycles. The zero-order valence-electron chi connectivity index (χ0n) is 13.6. The number of rotatable bonds is 4. The summed E-state index contributed by atoms with van der Waals surface area (Å²) >= 11 is 0. The minimum absolute atomic E-state index is 0.115. The van der Waals surface area contributed by atoms with E-state index in [-0.39, 0.29) is 23.5 Å². The monoisotopic (exact) mass is 340 g/mol. The second-order valence-corrected chi connectivity index (χ2v) is 8.75. The second kappa shape index (κ2) is 6.59. The molecular formula is C15H24N4O3S. The Hall–Kier alpha value is -1.44. The van der Waals surface area contributed by atoms with Gasteiger partial charge in [-0.2, -0.15) is 5.10 Å². The Bertz CT molecular complexity index is 683. The van der Waals surface area contributed by atoms with Gasteiger partial charge < -0.3 is 4.90 Å². The van der Waals surface area contributed by atoms with Crippen molar-refractivity contribution in [3.8, 4) is 0 Å². The lowest BCUT2D eigenvalue weighted by Crippen LogP contribution is -2.33. The van der Waals surface area contributed by atoms with Crippen molar-refractivity contribution in [1.82, 2.24) is 19.7 Å². The molecule has 2 fully saturated rings. The van der Waals surface area contributed by atoms with E-state index in [9.17, 15) is 13.2 Å². The summed E-state index contributed by atoms with van der Waals surface area (Å²) in [7, 11) is -2.95. The van der Waals surface area contributed by atoms with Gasteiger partial charge in [0.15, 0.2) is 9.84 Å².